The molecule has 0 N–H and O–H groups in total. The number of benzene rings is 1. The highest BCUT2D eigenvalue weighted by Gasteiger charge is 2.29. The number of nitrogens with zero attached hydrogens (tertiary/aromatic N) is 3. The van der Waals surface area contributed by atoms with Crippen LogP contribution in [0.15, 0.2) is 52.0 Å². The van der Waals surface area contributed by atoms with Crippen molar-refractivity contribution in [3.05, 3.63) is 63.2 Å². The fourth-order valence-electron chi connectivity index (χ4n) is 4.41. The number of rotatable bonds is 5. The van der Waals surface area contributed by atoms with Gasteiger partial charge >= 0.3 is 0 Å². The molecule has 30 heavy (non-hydrogen) atoms. The summed E-state index contributed by atoms with van der Waals surface area (Å²) in [5.74, 6) is 0.901. The number of aryl methyl sites for hydroxylation is 1. The fraction of sp³-hybridized carbons (Fsp3) is 0.417. The van der Waals surface area contributed by atoms with Gasteiger partial charge in [0.25, 0.3) is 5.56 Å². The molecule has 0 amide bonds. The van der Waals surface area contributed by atoms with Gasteiger partial charge in [0.2, 0.25) is 0 Å². The summed E-state index contributed by atoms with van der Waals surface area (Å²) in [7, 11) is 0. The summed E-state index contributed by atoms with van der Waals surface area (Å²) in [6.45, 7) is 4.25. The van der Waals surface area contributed by atoms with Crippen LogP contribution in [-0.4, -0.2) is 39.9 Å². The lowest BCUT2D eigenvalue weighted by Gasteiger charge is -2.41. The molecule has 1 saturated carbocycles. The minimum Gasteiger partial charge on any atom is -0.490 e. The maximum absolute atomic E-state index is 12.6. The normalized spacial score (nSPS) is 18.3. The minimum absolute atomic E-state index is 0.118. The van der Waals surface area contributed by atoms with Crippen molar-refractivity contribution in [3.63, 3.8) is 0 Å². The molecule has 6 heteroatoms. The molecule has 1 saturated heterocycles. The summed E-state index contributed by atoms with van der Waals surface area (Å²) in [5, 5.41) is 8.39. The van der Waals surface area contributed by atoms with Crippen LogP contribution in [0.3, 0.4) is 0 Å². The van der Waals surface area contributed by atoms with Crippen molar-refractivity contribution in [2.75, 3.05) is 13.1 Å². The molecule has 0 bridgehead atoms. The monoisotopic (exact) mass is 421 g/mol. The maximum atomic E-state index is 12.6. The lowest BCUT2D eigenvalue weighted by atomic mass is 9.90. The predicted molar refractivity (Wildman–Crippen MR) is 121 cm³/mol. The molecule has 156 valence electrons. The van der Waals surface area contributed by atoms with E-state index in [1.54, 1.807) is 17.4 Å². The Hall–Kier alpha value is -2.44. The van der Waals surface area contributed by atoms with Gasteiger partial charge in [-0.25, -0.2) is 0 Å². The van der Waals surface area contributed by atoms with E-state index in [1.807, 2.05) is 48.0 Å². The van der Waals surface area contributed by atoms with E-state index >= 15 is 0 Å². The molecule has 3 heterocycles. The number of hydrogen-bond donors (Lipinski definition) is 0. The van der Waals surface area contributed by atoms with Crippen molar-refractivity contribution in [2.45, 2.75) is 51.2 Å². The number of likely N-dealkylation sites (tertiary alicyclic amines) is 1. The first-order valence-electron chi connectivity index (χ1n) is 10.8. The van der Waals surface area contributed by atoms with Crippen LogP contribution in [0.1, 0.15) is 37.8 Å². The van der Waals surface area contributed by atoms with Crippen molar-refractivity contribution in [1.82, 2.24) is 14.7 Å². The molecule has 0 spiro atoms. The first-order chi connectivity index (χ1) is 14.7. The molecule has 0 unspecified atom stereocenters. The Morgan fingerprint density at radius 2 is 1.83 bits per heavy atom. The van der Waals surface area contributed by atoms with E-state index < -0.39 is 0 Å². The summed E-state index contributed by atoms with van der Waals surface area (Å²) in [5.41, 5.74) is 3.38. The average Bonchev–Trinajstić information content (AvgIpc) is 3.25. The van der Waals surface area contributed by atoms with Crippen molar-refractivity contribution in [1.29, 1.82) is 0 Å². The Kier molecular flexibility index (Phi) is 5.44. The zero-order valence-electron chi connectivity index (χ0n) is 17.3. The molecule has 0 atom stereocenters. The van der Waals surface area contributed by atoms with Gasteiger partial charge in [-0.2, -0.15) is 21.1 Å². The van der Waals surface area contributed by atoms with Gasteiger partial charge in [0, 0.05) is 36.1 Å². The molecule has 3 aromatic rings. The molecule has 1 aliphatic carbocycles. The second kappa shape index (κ2) is 8.36. The van der Waals surface area contributed by atoms with E-state index in [9.17, 15) is 4.79 Å². The highest BCUT2D eigenvalue weighted by molar-refractivity contribution is 7.08. The van der Waals surface area contributed by atoms with Crippen LogP contribution >= 0.6 is 11.3 Å². The Morgan fingerprint density at radius 3 is 2.47 bits per heavy atom. The zero-order chi connectivity index (χ0) is 20.5. The molecule has 2 fully saturated rings. The van der Waals surface area contributed by atoms with Gasteiger partial charge in [-0.3, -0.25) is 4.79 Å². The molecule has 5 rings (SSSR count). The Morgan fingerprint density at radius 1 is 1.07 bits per heavy atom. The van der Waals surface area contributed by atoms with Gasteiger partial charge in [-0.15, -0.1) is 0 Å². The largest absolute Gasteiger partial charge is 0.490 e. The maximum Gasteiger partial charge on any atom is 0.272 e. The molecule has 1 aromatic carbocycles. The number of hydrogen-bond acceptors (Lipinski definition) is 5. The van der Waals surface area contributed by atoms with Gasteiger partial charge in [0.15, 0.2) is 0 Å². The van der Waals surface area contributed by atoms with E-state index in [0.717, 1.165) is 60.2 Å². The molecule has 2 aromatic heterocycles. The van der Waals surface area contributed by atoms with Crippen molar-refractivity contribution in [2.24, 2.45) is 0 Å². The van der Waals surface area contributed by atoms with Gasteiger partial charge < -0.3 is 9.64 Å². The zero-order valence-corrected chi connectivity index (χ0v) is 18.1. The highest BCUT2D eigenvalue weighted by Crippen LogP contribution is 2.29. The summed E-state index contributed by atoms with van der Waals surface area (Å²) in [6, 6.07) is 12.5. The van der Waals surface area contributed by atoms with Crippen LogP contribution in [0, 0.1) is 6.92 Å². The third kappa shape index (κ3) is 3.94. The third-order valence-corrected chi connectivity index (χ3v) is 7.07. The molecule has 5 nitrogen and oxygen atoms in total. The molecule has 0 radical (unpaired) electrons. The van der Waals surface area contributed by atoms with Crippen LogP contribution in [0.2, 0.25) is 0 Å². The van der Waals surface area contributed by atoms with E-state index in [1.165, 1.54) is 23.9 Å². The number of thiophene rings is 1. The minimum atomic E-state index is -0.118. The molecule has 1 aliphatic heterocycles. The number of ether oxygens (including phenoxy) is 1. The summed E-state index contributed by atoms with van der Waals surface area (Å²) < 4.78 is 7.70. The van der Waals surface area contributed by atoms with Gasteiger partial charge in [0.1, 0.15) is 11.9 Å². The summed E-state index contributed by atoms with van der Waals surface area (Å²) >= 11 is 1.55. The van der Waals surface area contributed by atoms with Crippen molar-refractivity contribution in [3.8, 4) is 22.6 Å². The van der Waals surface area contributed by atoms with Crippen molar-refractivity contribution >= 4 is 11.3 Å². The lowest BCUT2D eigenvalue weighted by Crippen LogP contribution is -2.46. The average molecular weight is 422 g/mol. The first-order valence-corrected chi connectivity index (χ1v) is 11.8. The van der Waals surface area contributed by atoms with Gasteiger partial charge in [-0.05, 0) is 61.7 Å². The molecule has 2 aliphatic rings. The van der Waals surface area contributed by atoms with E-state index in [2.05, 4.69) is 10.00 Å². The molecular weight excluding hydrogens is 394 g/mol. The Balaban J connectivity index is 1.26. The van der Waals surface area contributed by atoms with Gasteiger partial charge in [0.05, 0.1) is 11.4 Å². The second-order valence-electron chi connectivity index (χ2n) is 8.34. The van der Waals surface area contributed by atoms with E-state index in [0.29, 0.717) is 6.10 Å². The lowest BCUT2D eigenvalue weighted by molar-refractivity contribution is 0.0493. The number of piperidine rings is 1. The SMILES string of the molecule is Cc1nn(-c2ccsc2)c(=O)cc1-c1ccc(OC2CCN(C3CCC3)CC2)cc1. The van der Waals surface area contributed by atoms with Crippen LogP contribution in [-0.2, 0) is 0 Å². The molecular formula is C24H27N3O2S. The smallest absolute Gasteiger partial charge is 0.272 e. The second-order valence-corrected chi connectivity index (χ2v) is 9.12. The Bertz CT molecular complexity index is 1050. The fourth-order valence-corrected chi connectivity index (χ4v) is 5.03. The quantitative estimate of drug-likeness (QED) is 0.601. The summed E-state index contributed by atoms with van der Waals surface area (Å²) in [4.78, 5) is 15.2. The topological polar surface area (TPSA) is 47.4 Å². The van der Waals surface area contributed by atoms with E-state index in [-0.39, 0.29) is 5.56 Å². The van der Waals surface area contributed by atoms with Gasteiger partial charge in [-0.1, -0.05) is 18.6 Å². The Labute approximate surface area is 180 Å². The van der Waals surface area contributed by atoms with Crippen LogP contribution in [0.25, 0.3) is 16.8 Å². The standard InChI is InChI=1S/C24H27N3O2S/c1-17-23(15-24(28)27(25-17)20-11-14-30-16-20)18-5-7-21(8-6-18)29-22-9-12-26(13-10-22)19-3-2-4-19/h5-8,11,14-16,19,22H,2-4,9-10,12-13H2,1H3. The highest BCUT2D eigenvalue weighted by atomic mass is 32.1. The predicted octanol–water partition coefficient (Wildman–Crippen LogP) is 4.67. The van der Waals surface area contributed by atoms with Crippen molar-refractivity contribution < 1.29 is 4.74 Å². The van der Waals surface area contributed by atoms with Crippen LogP contribution < -0.4 is 10.3 Å². The van der Waals surface area contributed by atoms with Crippen LogP contribution in [0.5, 0.6) is 5.75 Å². The van der Waals surface area contributed by atoms with Crippen LogP contribution in [0.4, 0.5) is 0 Å². The van der Waals surface area contributed by atoms with E-state index in [4.69, 9.17) is 4.74 Å². The third-order valence-electron chi connectivity index (χ3n) is 6.40. The number of aromatic nitrogens is 2. The first kappa shape index (κ1) is 19.5. The summed E-state index contributed by atoms with van der Waals surface area (Å²) in [6.07, 6.45) is 6.64.